The minimum absolute atomic E-state index is 0.198. The third kappa shape index (κ3) is 4.21. The van der Waals surface area contributed by atoms with Gasteiger partial charge in [0.1, 0.15) is 11.5 Å². The number of rotatable bonds is 5. The average molecular weight is 527 g/mol. The van der Waals surface area contributed by atoms with E-state index in [4.69, 9.17) is 0 Å². The van der Waals surface area contributed by atoms with Crippen molar-refractivity contribution < 1.29 is 4.79 Å². The average Bonchev–Trinajstić information content (AvgIpc) is 3.60. The summed E-state index contributed by atoms with van der Waals surface area (Å²) in [7, 11) is 1.86. The highest BCUT2D eigenvalue weighted by Crippen LogP contribution is 2.38. The molecule has 0 aliphatic carbocycles. The van der Waals surface area contributed by atoms with Gasteiger partial charge in [-0.1, -0.05) is 18.4 Å². The van der Waals surface area contributed by atoms with Gasteiger partial charge in [0.05, 0.1) is 16.6 Å². The summed E-state index contributed by atoms with van der Waals surface area (Å²) in [6.45, 7) is 10.1. The van der Waals surface area contributed by atoms with E-state index < -0.39 is 5.54 Å². The van der Waals surface area contributed by atoms with Gasteiger partial charge in [-0.25, -0.2) is 9.67 Å². The van der Waals surface area contributed by atoms with Crippen molar-refractivity contribution in [2.24, 2.45) is 5.92 Å². The van der Waals surface area contributed by atoms with E-state index in [1.807, 2.05) is 63.2 Å². The Bertz CT molecular complexity index is 1580. The number of tetrazole rings is 1. The van der Waals surface area contributed by atoms with E-state index in [9.17, 15) is 4.79 Å². The summed E-state index contributed by atoms with van der Waals surface area (Å²) >= 11 is 0. The number of aromatic amines is 1. The molecule has 5 heterocycles. The van der Waals surface area contributed by atoms with Crippen LogP contribution in [0.4, 0.5) is 17.5 Å². The minimum atomic E-state index is -0.719. The second kappa shape index (κ2) is 9.48. The number of benzene rings is 1. The smallest absolute Gasteiger partial charge is 0.255 e. The molecule has 4 aromatic rings. The zero-order valence-electron chi connectivity index (χ0n) is 23.1. The molecule has 0 unspecified atom stereocenters. The molecule has 1 atom stereocenters. The standard InChI is InChI=1S/C28H34N10O/c1-6-18-8-7-13-37(16-18)23-14-19(11-12-29-23)25-21-15-20(9-10-22(21)31-32-25)30-26(39)24-17(2)36(5)27-33-34-35-38(27)28(24,3)4/h9-12,14-15,18H,6-8,13,16H2,1-5H3,(H,30,39)(H,31,32)/t18-/m0/s1. The molecule has 3 aromatic heterocycles. The van der Waals surface area contributed by atoms with Gasteiger partial charge < -0.3 is 15.1 Å². The Morgan fingerprint density at radius 3 is 2.90 bits per heavy atom. The van der Waals surface area contributed by atoms with Gasteiger partial charge in [0.25, 0.3) is 5.91 Å². The van der Waals surface area contributed by atoms with Crippen LogP contribution in [0, 0.1) is 5.92 Å². The highest BCUT2D eigenvalue weighted by atomic mass is 16.1. The first-order valence-electron chi connectivity index (χ1n) is 13.5. The monoisotopic (exact) mass is 526 g/mol. The van der Waals surface area contributed by atoms with Crippen LogP contribution < -0.4 is 15.1 Å². The number of nitrogens with one attached hydrogen (secondary N) is 2. The minimum Gasteiger partial charge on any atom is -0.356 e. The van der Waals surface area contributed by atoms with Gasteiger partial charge in [-0.2, -0.15) is 5.10 Å². The molecule has 2 aliphatic rings. The van der Waals surface area contributed by atoms with Gasteiger partial charge in [-0.05, 0) is 80.3 Å². The number of nitrogens with zero attached hydrogens (tertiary/aromatic N) is 8. The number of anilines is 3. The highest BCUT2D eigenvalue weighted by molar-refractivity contribution is 6.07. The molecular formula is C28H34N10O. The molecule has 6 rings (SSSR count). The van der Waals surface area contributed by atoms with Crippen LogP contribution in [0.5, 0.6) is 0 Å². The molecular weight excluding hydrogens is 492 g/mol. The predicted molar refractivity (Wildman–Crippen MR) is 151 cm³/mol. The van der Waals surface area contributed by atoms with E-state index in [2.05, 4.69) is 53.9 Å². The molecule has 1 saturated heterocycles. The maximum Gasteiger partial charge on any atom is 0.255 e. The van der Waals surface area contributed by atoms with Gasteiger partial charge in [0.15, 0.2) is 0 Å². The first-order chi connectivity index (χ1) is 18.8. The van der Waals surface area contributed by atoms with Crippen LogP contribution in [0.15, 0.2) is 47.8 Å². The van der Waals surface area contributed by atoms with Crippen molar-refractivity contribution in [3.63, 3.8) is 0 Å². The van der Waals surface area contributed by atoms with Crippen molar-refractivity contribution in [3.8, 4) is 11.3 Å². The van der Waals surface area contributed by atoms with Gasteiger partial charge in [-0.15, -0.1) is 0 Å². The number of carbonyl (C=O) groups excluding carboxylic acids is 1. The Hall–Kier alpha value is -4.28. The zero-order valence-corrected chi connectivity index (χ0v) is 23.1. The van der Waals surface area contributed by atoms with Crippen molar-refractivity contribution in [2.45, 2.75) is 52.5 Å². The van der Waals surface area contributed by atoms with Gasteiger partial charge in [0.2, 0.25) is 5.95 Å². The van der Waals surface area contributed by atoms with Crippen molar-refractivity contribution in [3.05, 3.63) is 47.8 Å². The summed E-state index contributed by atoms with van der Waals surface area (Å²) in [5, 5.41) is 23.9. The highest BCUT2D eigenvalue weighted by Gasteiger charge is 2.41. The summed E-state index contributed by atoms with van der Waals surface area (Å²) < 4.78 is 1.68. The third-order valence-corrected chi connectivity index (χ3v) is 8.25. The quantitative estimate of drug-likeness (QED) is 0.394. The van der Waals surface area contributed by atoms with E-state index in [1.54, 1.807) is 4.68 Å². The number of hydrogen-bond donors (Lipinski definition) is 2. The van der Waals surface area contributed by atoms with E-state index in [1.165, 1.54) is 19.3 Å². The van der Waals surface area contributed by atoms with E-state index in [0.29, 0.717) is 23.1 Å². The molecule has 1 aromatic carbocycles. The van der Waals surface area contributed by atoms with Gasteiger partial charge >= 0.3 is 0 Å². The molecule has 0 spiro atoms. The number of H-pyrrole nitrogens is 1. The number of carbonyl (C=O) groups is 1. The van der Waals surface area contributed by atoms with Crippen LogP contribution in [0.2, 0.25) is 0 Å². The van der Waals surface area contributed by atoms with Crippen molar-refractivity contribution >= 4 is 34.3 Å². The lowest BCUT2D eigenvalue weighted by Crippen LogP contribution is -2.44. The Morgan fingerprint density at radius 2 is 2.08 bits per heavy atom. The molecule has 0 saturated carbocycles. The first kappa shape index (κ1) is 25.0. The third-order valence-electron chi connectivity index (χ3n) is 8.25. The molecule has 2 aliphatic heterocycles. The Morgan fingerprint density at radius 1 is 1.23 bits per heavy atom. The van der Waals surface area contributed by atoms with Crippen molar-refractivity contribution in [1.82, 2.24) is 35.4 Å². The van der Waals surface area contributed by atoms with E-state index in [0.717, 1.165) is 46.8 Å². The Balaban J connectivity index is 1.30. The molecule has 1 amide bonds. The number of aromatic nitrogens is 7. The number of allylic oxidation sites excluding steroid dienone is 1. The molecule has 0 radical (unpaired) electrons. The van der Waals surface area contributed by atoms with Gasteiger partial charge in [-0.3, -0.25) is 9.89 Å². The normalized spacial score (nSPS) is 18.9. The van der Waals surface area contributed by atoms with Crippen molar-refractivity contribution in [2.75, 3.05) is 35.3 Å². The van der Waals surface area contributed by atoms with E-state index >= 15 is 0 Å². The number of pyridine rings is 1. The second-order valence-corrected chi connectivity index (χ2v) is 11.0. The molecule has 0 bridgehead atoms. The molecule has 39 heavy (non-hydrogen) atoms. The lowest BCUT2D eigenvalue weighted by Gasteiger charge is -2.37. The summed E-state index contributed by atoms with van der Waals surface area (Å²) in [6, 6.07) is 9.91. The second-order valence-electron chi connectivity index (χ2n) is 11.0. The molecule has 1 fully saturated rings. The Kier molecular flexibility index (Phi) is 6.08. The number of amides is 1. The lowest BCUT2D eigenvalue weighted by atomic mass is 9.89. The van der Waals surface area contributed by atoms with E-state index in [-0.39, 0.29) is 5.91 Å². The largest absolute Gasteiger partial charge is 0.356 e. The SMILES string of the molecule is CC[C@H]1CCCN(c2cc(-c3n[nH]c4ccc(NC(=O)C5=C(C)N(C)c6nnnn6C5(C)C)cc34)ccn2)C1. The molecule has 11 heteroatoms. The van der Waals surface area contributed by atoms with Gasteiger partial charge in [0, 0.05) is 48.7 Å². The molecule has 11 nitrogen and oxygen atoms in total. The summed E-state index contributed by atoms with van der Waals surface area (Å²) in [6.07, 6.45) is 5.52. The predicted octanol–water partition coefficient (Wildman–Crippen LogP) is 4.34. The van der Waals surface area contributed by atoms with Crippen LogP contribution in [0.25, 0.3) is 22.2 Å². The number of piperidine rings is 1. The van der Waals surface area contributed by atoms with Crippen LogP contribution in [-0.2, 0) is 10.3 Å². The fourth-order valence-corrected chi connectivity index (χ4v) is 5.91. The number of hydrogen-bond acceptors (Lipinski definition) is 8. The fourth-order valence-electron chi connectivity index (χ4n) is 5.91. The summed E-state index contributed by atoms with van der Waals surface area (Å²) in [5.74, 6) is 2.10. The van der Waals surface area contributed by atoms with Crippen LogP contribution in [-0.4, -0.2) is 61.4 Å². The first-order valence-corrected chi connectivity index (χ1v) is 13.5. The topological polar surface area (TPSA) is 121 Å². The maximum atomic E-state index is 13.7. The lowest BCUT2D eigenvalue weighted by molar-refractivity contribution is -0.113. The summed E-state index contributed by atoms with van der Waals surface area (Å²) in [4.78, 5) is 22.6. The van der Waals surface area contributed by atoms with Crippen LogP contribution in [0.3, 0.4) is 0 Å². The Labute approximate surface area is 227 Å². The van der Waals surface area contributed by atoms with Crippen LogP contribution >= 0.6 is 0 Å². The zero-order chi connectivity index (χ0) is 27.3. The summed E-state index contributed by atoms with van der Waals surface area (Å²) in [5.41, 5.74) is 4.10. The fraction of sp³-hybridized carbons (Fsp3) is 0.429. The number of fused-ring (bicyclic) bond motifs is 2. The van der Waals surface area contributed by atoms with Crippen molar-refractivity contribution in [1.29, 1.82) is 0 Å². The molecule has 2 N–H and O–H groups in total. The molecule has 202 valence electrons. The maximum absolute atomic E-state index is 13.7. The van der Waals surface area contributed by atoms with Crippen LogP contribution in [0.1, 0.15) is 47.0 Å².